The van der Waals surface area contributed by atoms with E-state index in [9.17, 15) is 4.39 Å². The Morgan fingerprint density at radius 3 is 2.15 bits per heavy atom. The molecule has 0 saturated heterocycles. The van der Waals surface area contributed by atoms with Crippen LogP contribution in [-0.4, -0.2) is 13.1 Å². The van der Waals surface area contributed by atoms with Gasteiger partial charge in [-0.05, 0) is 73.8 Å². The zero-order valence-electron chi connectivity index (χ0n) is 15.1. The van der Waals surface area contributed by atoms with Crippen molar-refractivity contribution in [3.63, 3.8) is 0 Å². The molecule has 26 heavy (non-hydrogen) atoms. The molecule has 6 heteroatoms. The molecule has 0 aliphatic heterocycles. The highest BCUT2D eigenvalue weighted by Gasteiger charge is 2.14. The summed E-state index contributed by atoms with van der Waals surface area (Å²) < 4.78 is 16.0. The van der Waals surface area contributed by atoms with Gasteiger partial charge in [-0.2, -0.15) is 0 Å². The van der Waals surface area contributed by atoms with E-state index in [-0.39, 0.29) is 5.82 Å². The predicted octanol–water partition coefficient (Wildman–Crippen LogP) is 6.66. The molecular formula is C20H25Cl2FN2S. The number of anilines is 1. The molecule has 0 heterocycles. The lowest BCUT2D eigenvalue weighted by molar-refractivity contribution is 0.625. The molecule has 0 atom stereocenters. The van der Waals surface area contributed by atoms with Crippen LogP contribution in [0.25, 0.3) is 0 Å². The molecule has 2 aromatic rings. The van der Waals surface area contributed by atoms with E-state index in [1.165, 1.54) is 18.0 Å². The fourth-order valence-electron chi connectivity index (χ4n) is 1.91. The molecule has 2 N–H and O–H groups in total. The van der Waals surface area contributed by atoms with Crippen molar-refractivity contribution in [3.8, 4) is 12.8 Å². The summed E-state index contributed by atoms with van der Waals surface area (Å²) in [5, 5.41) is 1.19. The number of unbranched alkanes of at least 4 members (excludes halogenated alkanes) is 1. The molecule has 0 spiro atoms. The number of rotatable bonds is 7. The molecule has 0 aromatic heterocycles. The molecule has 0 radical (unpaired) electrons. The lowest BCUT2D eigenvalue weighted by Gasteiger charge is -2.24. The van der Waals surface area contributed by atoms with Crippen molar-refractivity contribution in [2.45, 2.75) is 31.6 Å². The van der Waals surface area contributed by atoms with Gasteiger partial charge in [0.25, 0.3) is 0 Å². The van der Waals surface area contributed by atoms with E-state index in [1.807, 2.05) is 42.4 Å². The highest BCUT2D eigenvalue weighted by molar-refractivity contribution is 8.00. The Labute approximate surface area is 171 Å². The van der Waals surface area contributed by atoms with Crippen molar-refractivity contribution in [2.24, 2.45) is 5.73 Å². The van der Waals surface area contributed by atoms with Crippen LogP contribution in [0.1, 0.15) is 26.7 Å². The molecular weight excluding hydrogens is 390 g/mol. The minimum Gasteiger partial charge on any atom is -0.330 e. The van der Waals surface area contributed by atoms with Crippen LogP contribution < -0.4 is 10.0 Å². The highest BCUT2D eigenvalue weighted by Crippen LogP contribution is 2.33. The van der Waals surface area contributed by atoms with Gasteiger partial charge in [0.05, 0.1) is 5.69 Å². The minimum atomic E-state index is -0.293. The van der Waals surface area contributed by atoms with Crippen LogP contribution in [0.2, 0.25) is 10.0 Å². The van der Waals surface area contributed by atoms with E-state index in [0.29, 0.717) is 28.8 Å². The Hall–Kier alpha value is -1.38. The van der Waals surface area contributed by atoms with Gasteiger partial charge in [0.2, 0.25) is 0 Å². The quantitative estimate of drug-likeness (QED) is 0.311. The number of terminal acetylenes is 1. The average molecular weight is 415 g/mol. The maximum atomic E-state index is 14.1. The Bertz CT molecular complexity index is 648. The largest absolute Gasteiger partial charge is 0.330 e. The smallest absolute Gasteiger partial charge is 0.147 e. The van der Waals surface area contributed by atoms with Gasteiger partial charge in [0, 0.05) is 21.5 Å². The van der Waals surface area contributed by atoms with E-state index in [0.717, 1.165) is 17.7 Å². The second-order valence-corrected chi connectivity index (χ2v) is 6.71. The second kappa shape index (κ2) is 14.8. The van der Waals surface area contributed by atoms with Crippen LogP contribution in [0, 0.1) is 18.7 Å². The van der Waals surface area contributed by atoms with Crippen LogP contribution in [0.5, 0.6) is 0 Å². The van der Waals surface area contributed by atoms with Gasteiger partial charge in [0.1, 0.15) is 5.82 Å². The molecule has 0 saturated carbocycles. The summed E-state index contributed by atoms with van der Waals surface area (Å²) in [4.78, 5) is 0.983. The molecule has 0 unspecified atom stereocenters. The first-order chi connectivity index (χ1) is 12.6. The number of hydrogen-bond donors (Lipinski definition) is 1. The summed E-state index contributed by atoms with van der Waals surface area (Å²) in [6.45, 7) is 5.30. The molecule has 0 aliphatic rings. The van der Waals surface area contributed by atoms with Crippen molar-refractivity contribution in [3.05, 3.63) is 58.3 Å². The van der Waals surface area contributed by atoms with Gasteiger partial charge >= 0.3 is 0 Å². The fourth-order valence-corrected chi connectivity index (χ4v) is 3.18. The first kappa shape index (κ1) is 24.6. The zero-order chi connectivity index (χ0) is 19.9. The van der Waals surface area contributed by atoms with E-state index >= 15 is 0 Å². The van der Waals surface area contributed by atoms with Crippen molar-refractivity contribution in [2.75, 3.05) is 17.4 Å². The van der Waals surface area contributed by atoms with Crippen LogP contribution >= 0.6 is 35.1 Å². The van der Waals surface area contributed by atoms with Gasteiger partial charge in [-0.3, -0.25) is 0 Å². The maximum Gasteiger partial charge on any atom is 0.147 e. The van der Waals surface area contributed by atoms with E-state index in [1.54, 1.807) is 12.1 Å². The van der Waals surface area contributed by atoms with Crippen LogP contribution in [0.15, 0.2) is 47.4 Å². The lowest BCUT2D eigenvalue weighted by Crippen LogP contribution is -2.18. The Morgan fingerprint density at radius 2 is 1.58 bits per heavy atom. The molecule has 0 aliphatic carbocycles. The van der Waals surface area contributed by atoms with E-state index < -0.39 is 0 Å². The number of benzene rings is 2. The topological polar surface area (TPSA) is 29.3 Å². The Balaban J connectivity index is 0.00000146. The van der Waals surface area contributed by atoms with Gasteiger partial charge < -0.3 is 10.0 Å². The first-order valence-corrected chi connectivity index (χ1v) is 9.82. The Morgan fingerprint density at radius 1 is 1.00 bits per heavy atom. The molecule has 0 fully saturated rings. The van der Waals surface area contributed by atoms with Gasteiger partial charge in [0.15, 0.2) is 0 Å². The summed E-state index contributed by atoms with van der Waals surface area (Å²) in [6.07, 6.45) is 9.77. The van der Waals surface area contributed by atoms with Crippen molar-refractivity contribution in [1.29, 1.82) is 0 Å². The third kappa shape index (κ3) is 8.82. The van der Waals surface area contributed by atoms with Gasteiger partial charge in [-0.1, -0.05) is 37.0 Å². The number of hydrogen-bond acceptors (Lipinski definition) is 3. The lowest BCUT2D eigenvalue weighted by atomic mass is 10.2. The average Bonchev–Trinajstić information content (AvgIpc) is 2.68. The van der Waals surface area contributed by atoms with Crippen molar-refractivity contribution >= 4 is 40.8 Å². The van der Waals surface area contributed by atoms with Crippen molar-refractivity contribution < 1.29 is 4.39 Å². The van der Waals surface area contributed by atoms with Gasteiger partial charge in [-0.25, -0.2) is 4.39 Å². The Kier molecular flexibility index (Phi) is 14.0. The first-order valence-electron chi connectivity index (χ1n) is 8.29. The molecule has 0 bridgehead atoms. The van der Waals surface area contributed by atoms with E-state index in [2.05, 4.69) is 12.8 Å². The molecule has 0 amide bonds. The molecule has 2 aromatic carbocycles. The van der Waals surface area contributed by atoms with Crippen LogP contribution in [-0.2, 0) is 0 Å². The minimum absolute atomic E-state index is 0.293. The monoisotopic (exact) mass is 414 g/mol. The third-order valence-corrected chi connectivity index (χ3v) is 4.59. The molecule has 142 valence electrons. The highest BCUT2D eigenvalue weighted by atomic mass is 35.5. The number of halogens is 3. The summed E-state index contributed by atoms with van der Waals surface area (Å²) in [6, 6.07) is 12.0. The van der Waals surface area contributed by atoms with Crippen LogP contribution in [0.3, 0.4) is 0 Å². The second-order valence-electron chi connectivity index (χ2n) is 4.74. The molecule has 2 nitrogen and oxygen atoms in total. The number of nitrogens with two attached hydrogens (primary N) is 1. The summed E-state index contributed by atoms with van der Waals surface area (Å²) in [5.41, 5.74) is 6.02. The maximum absolute atomic E-state index is 14.1. The normalized spacial score (nSPS) is 9.38. The SMILES string of the molecule is C#C.CC.NCCCCN(Sc1ccc(Cl)cc1)c1cc(Cl)ccc1F. The van der Waals surface area contributed by atoms with Crippen LogP contribution in [0.4, 0.5) is 10.1 Å². The summed E-state index contributed by atoms with van der Waals surface area (Å²) in [5.74, 6) is -0.293. The third-order valence-electron chi connectivity index (χ3n) is 3.02. The van der Waals surface area contributed by atoms with E-state index in [4.69, 9.17) is 28.9 Å². The number of nitrogens with zero attached hydrogens (tertiary/aromatic N) is 1. The van der Waals surface area contributed by atoms with Crippen molar-refractivity contribution in [1.82, 2.24) is 0 Å². The summed E-state index contributed by atoms with van der Waals surface area (Å²) in [7, 11) is 0. The zero-order valence-corrected chi connectivity index (χ0v) is 17.4. The van der Waals surface area contributed by atoms with Gasteiger partial charge in [-0.15, -0.1) is 12.8 Å². The predicted molar refractivity (Wildman–Crippen MR) is 116 cm³/mol. The molecule has 2 rings (SSSR count). The standard InChI is InChI=1S/C16H17Cl2FN2S.C2H6.C2H2/c17-12-3-6-14(7-4-12)22-21(10-2-1-9-20)16-11-13(18)5-8-15(16)19;2*1-2/h3-8,11H,1-2,9-10,20H2;1-2H3;1-2H. The summed E-state index contributed by atoms with van der Waals surface area (Å²) >= 11 is 13.4. The fraction of sp³-hybridized carbons (Fsp3) is 0.300.